The van der Waals surface area contributed by atoms with Gasteiger partial charge in [0.2, 0.25) is 0 Å². The summed E-state index contributed by atoms with van der Waals surface area (Å²) in [5.74, 6) is 1.35. The van der Waals surface area contributed by atoms with Crippen molar-refractivity contribution in [1.29, 1.82) is 0 Å². The molecule has 1 aromatic heterocycles. The Morgan fingerprint density at radius 2 is 2.12 bits per heavy atom. The first-order chi connectivity index (χ1) is 11.9. The van der Waals surface area contributed by atoms with Crippen LogP contribution in [0.4, 0.5) is 10.6 Å². The van der Waals surface area contributed by atoms with Gasteiger partial charge in [-0.2, -0.15) is 5.10 Å². The quantitative estimate of drug-likeness (QED) is 0.886. The van der Waals surface area contributed by atoms with Crippen LogP contribution in [0.2, 0.25) is 0 Å². The summed E-state index contributed by atoms with van der Waals surface area (Å²) in [7, 11) is 1.83. The fraction of sp³-hybridized carbons (Fsp3) is 0.722. The largest absolute Gasteiger partial charge is 0.326 e. The molecule has 1 atom stereocenters. The molecular formula is C18H29N5O2. The Morgan fingerprint density at radius 3 is 2.64 bits per heavy atom. The monoisotopic (exact) mass is 347 g/mol. The van der Waals surface area contributed by atoms with Gasteiger partial charge in [0.15, 0.2) is 0 Å². The van der Waals surface area contributed by atoms with Crippen molar-refractivity contribution in [2.75, 3.05) is 18.0 Å². The number of amides is 3. The number of rotatable bonds is 5. The van der Waals surface area contributed by atoms with Gasteiger partial charge in [-0.05, 0) is 46.0 Å². The van der Waals surface area contributed by atoms with Gasteiger partial charge in [0, 0.05) is 32.2 Å². The SMILES string of the molecule is Cc1cc(N2CCC(NC(=O)N(CC3CCC3)C(C)C)C2=O)n(C)n1. The van der Waals surface area contributed by atoms with E-state index in [1.54, 1.807) is 9.58 Å². The second-order valence-electron chi connectivity index (χ2n) is 7.59. The van der Waals surface area contributed by atoms with E-state index in [1.807, 2.05) is 38.8 Å². The molecule has 0 spiro atoms. The molecule has 1 aliphatic carbocycles. The highest BCUT2D eigenvalue weighted by Gasteiger charge is 2.36. The van der Waals surface area contributed by atoms with Gasteiger partial charge in [0.1, 0.15) is 11.9 Å². The van der Waals surface area contributed by atoms with E-state index in [1.165, 1.54) is 19.3 Å². The molecule has 25 heavy (non-hydrogen) atoms. The van der Waals surface area contributed by atoms with Crippen LogP contribution in [0.25, 0.3) is 0 Å². The van der Waals surface area contributed by atoms with Crippen LogP contribution in [0.15, 0.2) is 6.07 Å². The number of urea groups is 1. The third-order valence-corrected chi connectivity index (χ3v) is 5.32. The van der Waals surface area contributed by atoms with Crippen LogP contribution in [-0.2, 0) is 11.8 Å². The molecule has 138 valence electrons. The second kappa shape index (κ2) is 7.06. The number of nitrogens with one attached hydrogen (secondary N) is 1. The summed E-state index contributed by atoms with van der Waals surface area (Å²) in [5, 5.41) is 7.26. The Morgan fingerprint density at radius 1 is 1.40 bits per heavy atom. The number of aromatic nitrogens is 2. The standard InChI is InChI=1S/C18H29N5O2/c1-12(2)23(11-14-6-5-7-14)18(25)19-15-8-9-22(17(15)24)16-10-13(3)20-21(16)4/h10,12,14-15H,5-9,11H2,1-4H3,(H,19,25). The van der Waals surface area contributed by atoms with Gasteiger partial charge in [-0.25, -0.2) is 4.79 Å². The van der Waals surface area contributed by atoms with Crippen LogP contribution in [0.3, 0.4) is 0 Å². The second-order valence-corrected chi connectivity index (χ2v) is 7.59. The number of nitrogens with zero attached hydrogens (tertiary/aromatic N) is 4. The molecule has 1 saturated carbocycles. The summed E-state index contributed by atoms with van der Waals surface area (Å²) in [6.07, 6.45) is 4.29. The number of hydrogen-bond acceptors (Lipinski definition) is 3. The zero-order valence-corrected chi connectivity index (χ0v) is 15.7. The molecule has 3 rings (SSSR count). The van der Waals surface area contributed by atoms with E-state index in [0.29, 0.717) is 18.9 Å². The fourth-order valence-electron chi connectivity index (χ4n) is 3.60. The molecule has 7 nitrogen and oxygen atoms in total. The molecule has 7 heteroatoms. The number of carbonyl (C=O) groups excluding carboxylic acids is 2. The highest BCUT2D eigenvalue weighted by molar-refractivity contribution is 6.00. The maximum atomic E-state index is 12.7. The Bertz CT molecular complexity index is 650. The Labute approximate surface area is 149 Å². The molecule has 2 fully saturated rings. The van der Waals surface area contributed by atoms with Crippen molar-refractivity contribution in [2.24, 2.45) is 13.0 Å². The van der Waals surface area contributed by atoms with Crippen molar-refractivity contribution in [3.8, 4) is 0 Å². The minimum atomic E-state index is -0.453. The molecule has 3 amide bonds. The average Bonchev–Trinajstić information content (AvgIpc) is 3.00. The number of aryl methyl sites for hydroxylation is 2. The van der Waals surface area contributed by atoms with Crippen LogP contribution in [0.1, 0.15) is 45.2 Å². The van der Waals surface area contributed by atoms with Crippen molar-refractivity contribution in [1.82, 2.24) is 20.0 Å². The summed E-state index contributed by atoms with van der Waals surface area (Å²) in [4.78, 5) is 29.0. The van der Waals surface area contributed by atoms with Crippen LogP contribution in [0, 0.1) is 12.8 Å². The smallest absolute Gasteiger partial charge is 0.318 e. The molecule has 1 aromatic rings. The third kappa shape index (κ3) is 3.65. The highest BCUT2D eigenvalue weighted by Crippen LogP contribution is 2.28. The van der Waals surface area contributed by atoms with E-state index >= 15 is 0 Å². The van der Waals surface area contributed by atoms with Crippen molar-refractivity contribution < 1.29 is 9.59 Å². The molecule has 1 saturated heterocycles. The van der Waals surface area contributed by atoms with Gasteiger partial charge in [-0.3, -0.25) is 14.4 Å². The Balaban J connectivity index is 1.63. The van der Waals surface area contributed by atoms with Gasteiger partial charge >= 0.3 is 6.03 Å². The van der Waals surface area contributed by atoms with Gasteiger partial charge in [0.25, 0.3) is 5.91 Å². The first-order valence-corrected chi connectivity index (χ1v) is 9.26. The maximum Gasteiger partial charge on any atom is 0.318 e. The third-order valence-electron chi connectivity index (χ3n) is 5.32. The van der Waals surface area contributed by atoms with Crippen LogP contribution < -0.4 is 10.2 Å². The van der Waals surface area contributed by atoms with Crippen LogP contribution in [-0.4, -0.2) is 51.8 Å². The molecule has 0 aromatic carbocycles. The fourth-order valence-corrected chi connectivity index (χ4v) is 3.60. The van der Waals surface area contributed by atoms with Gasteiger partial charge in [-0.15, -0.1) is 0 Å². The first-order valence-electron chi connectivity index (χ1n) is 9.26. The minimum absolute atomic E-state index is 0.0521. The predicted octanol–water partition coefficient (Wildman–Crippen LogP) is 2.05. The zero-order chi connectivity index (χ0) is 18.1. The van der Waals surface area contributed by atoms with Gasteiger partial charge in [0.05, 0.1) is 5.69 Å². The molecule has 2 heterocycles. The summed E-state index contributed by atoms with van der Waals surface area (Å²) in [6.45, 7) is 7.35. The normalized spacial score (nSPS) is 20.9. The molecule has 0 radical (unpaired) electrons. The topological polar surface area (TPSA) is 70.5 Å². The minimum Gasteiger partial charge on any atom is -0.326 e. The molecule has 1 aliphatic heterocycles. The van der Waals surface area contributed by atoms with Crippen molar-refractivity contribution in [2.45, 2.75) is 58.5 Å². The van der Waals surface area contributed by atoms with Gasteiger partial charge < -0.3 is 10.2 Å². The molecule has 1 unspecified atom stereocenters. The lowest BCUT2D eigenvalue weighted by Gasteiger charge is -2.35. The molecular weight excluding hydrogens is 318 g/mol. The summed E-state index contributed by atoms with van der Waals surface area (Å²) < 4.78 is 1.72. The number of anilines is 1. The maximum absolute atomic E-state index is 12.7. The lowest BCUT2D eigenvalue weighted by Crippen LogP contribution is -2.51. The number of hydrogen-bond donors (Lipinski definition) is 1. The highest BCUT2D eigenvalue weighted by atomic mass is 16.2. The van der Waals surface area contributed by atoms with E-state index < -0.39 is 6.04 Å². The predicted molar refractivity (Wildman–Crippen MR) is 96.4 cm³/mol. The summed E-state index contributed by atoms with van der Waals surface area (Å²) >= 11 is 0. The van der Waals surface area contributed by atoms with Crippen molar-refractivity contribution in [3.05, 3.63) is 11.8 Å². The van der Waals surface area contributed by atoms with E-state index in [-0.39, 0.29) is 18.0 Å². The van der Waals surface area contributed by atoms with Gasteiger partial charge in [-0.1, -0.05) is 6.42 Å². The van der Waals surface area contributed by atoms with E-state index in [4.69, 9.17) is 0 Å². The molecule has 0 bridgehead atoms. The lowest BCUT2D eigenvalue weighted by atomic mass is 9.85. The number of carbonyl (C=O) groups is 2. The van der Waals surface area contributed by atoms with E-state index in [9.17, 15) is 9.59 Å². The Kier molecular flexibility index (Phi) is 5.01. The van der Waals surface area contributed by atoms with E-state index in [2.05, 4.69) is 10.4 Å². The molecule has 2 aliphatic rings. The first kappa shape index (κ1) is 17.8. The zero-order valence-electron chi connectivity index (χ0n) is 15.7. The molecule has 1 N–H and O–H groups in total. The van der Waals surface area contributed by atoms with Crippen molar-refractivity contribution >= 4 is 17.8 Å². The van der Waals surface area contributed by atoms with Crippen molar-refractivity contribution in [3.63, 3.8) is 0 Å². The van der Waals surface area contributed by atoms with Crippen LogP contribution >= 0.6 is 0 Å². The summed E-state index contributed by atoms with van der Waals surface area (Å²) in [5.41, 5.74) is 0.879. The lowest BCUT2D eigenvalue weighted by molar-refractivity contribution is -0.118. The van der Waals surface area contributed by atoms with E-state index in [0.717, 1.165) is 18.1 Å². The summed E-state index contributed by atoms with van der Waals surface area (Å²) in [6, 6.07) is 1.46. The van der Waals surface area contributed by atoms with Crippen LogP contribution in [0.5, 0.6) is 0 Å². The average molecular weight is 347 g/mol. The Hall–Kier alpha value is -2.05.